The van der Waals surface area contributed by atoms with Crippen molar-refractivity contribution in [3.8, 4) is 0 Å². The number of hydrazone groups is 1. The predicted octanol–water partition coefficient (Wildman–Crippen LogP) is 3.16. The van der Waals surface area contributed by atoms with E-state index < -0.39 is 0 Å². The van der Waals surface area contributed by atoms with E-state index in [1.165, 1.54) is 11.8 Å². The summed E-state index contributed by atoms with van der Waals surface area (Å²) in [4.78, 5) is 22.5. The first-order valence-electron chi connectivity index (χ1n) is 7.59. The molecule has 2 aromatic rings. The van der Waals surface area contributed by atoms with Crippen molar-refractivity contribution in [2.75, 3.05) is 24.7 Å². The first-order chi connectivity index (χ1) is 11.8. The van der Waals surface area contributed by atoms with Crippen molar-refractivity contribution < 1.29 is 4.79 Å². The number of hydrogen-bond acceptors (Lipinski definition) is 6. The van der Waals surface area contributed by atoms with Gasteiger partial charge in [0.2, 0.25) is 0 Å². The Hall–Kier alpha value is -1.93. The third-order valence-corrected chi connectivity index (χ3v) is 4.63. The number of amides is 1. The van der Waals surface area contributed by atoms with Gasteiger partial charge in [-0.2, -0.15) is 5.10 Å². The highest BCUT2D eigenvalue weighted by Crippen LogP contribution is 2.25. The summed E-state index contributed by atoms with van der Waals surface area (Å²) in [7, 11) is 3.95. The fourth-order valence-corrected chi connectivity index (χ4v) is 3.56. The molecule has 0 aliphatic carbocycles. The lowest BCUT2D eigenvalue weighted by molar-refractivity contribution is -0.118. The molecule has 6 nitrogen and oxygen atoms in total. The molecular weight excluding hydrogens is 402 g/mol. The molecule has 25 heavy (non-hydrogen) atoms. The number of anilines is 1. The van der Waals surface area contributed by atoms with E-state index in [4.69, 9.17) is 0 Å². The molecule has 8 heteroatoms. The summed E-state index contributed by atoms with van der Waals surface area (Å²) in [6, 6.07) is 7.77. The Kier molecular flexibility index (Phi) is 6.95. The molecule has 132 valence electrons. The summed E-state index contributed by atoms with van der Waals surface area (Å²) in [5, 5.41) is 4.59. The maximum atomic E-state index is 11.9. The van der Waals surface area contributed by atoms with Gasteiger partial charge in [0.15, 0.2) is 5.16 Å². The number of carbonyl (C=O) groups is 1. The number of hydrogen-bond donors (Lipinski definition) is 1. The van der Waals surface area contributed by atoms with Crippen LogP contribution >= 0.6 is 27.7 Å². The molecule has 1 heterocycles. The number of thioether (sulfide) groups is 1. The molecule has 1 aromatic heterocycles. The van der Waals surface area contributed by atoms with E-state index in [1.807, 2.05) is 57.1 Å². The van der Waals surface area contributed by atoms with E-state index in [0.717, 1.165) is 27.1 Å². The maximum Gasteiger partial charge on any atom is 0.250 e. The summed E-state index contributed by atoms with van der Waals surface area (Å²) in [6.45, 7) is 3.81. The van der Waals surface area contributed by atoms with Gasteiger partial charge in [0, 0.05) is 30.0 Å². The fraction of sp³-hybridized carbons (Fsp3) is 0.294. The Balaban J connectivity index is 1.87. The standard InChI is InChI=1S/C17H20BrN5OS/c1-11-7-12(2)21-17(20-11)25-10-16(24)22-19-9-13-5-6-15(23(3)4)14(18)8-13/h5-9H,10H2,1-4H3,(H,22,24)/b19-9-. The SMILES string of the molecule is Cc1cc(C)nc(SCC(=O)N/N=C\c2ccc(N(C)C)c(Br)c2)n1. The maximum absolute atomic E-state index is 11.9. The largest absolute Gasteiger partial charge is 0.377 e. The van der Waals surface area contributed by atoms with Crippen LogP contribution in [0.25, 0.3) is 0 Å². The summed E-state index contributed by atoms with van der Waals surface area (Å²) in [5.41, 5.74) is 6.26. The lowest BCUT2D eigenvalue weighted by atomic mass is 10.2. The number of benzene rings is 1. The quantitative estimate of drug-likeness (QED) is 0.335. The number of carbonyl (C=O) groups excluding carboxylic acids is 1. The zero-order valence-electron chi connectivity index (χ0n) is 14.6. The van der Waals surface area contributed by atoms with Crippen LogP contribution in [-0.4, -0.2) is 41.9 Å². The average molecular weight is 422 g/mol. The summed E-state index contributed by atoms with van der Waals surface area (Å²) in [6.07, 6.45) is 1.61. The van der Waals surface area contributed by atoms with Crippen LogP contribution < -0.4 is 10.3 Å². The molecular formula is C17H20BrN5OS. The molecule has 0 unspecified atom stereocenters. The normalized spacial score (nSPS) is 10.9. The van der Waals surface area contributed by atoms with Crippen molar-refractivity contribution in [1.82, 2.24) is 15.4 Å². The molecule has 0 saturated heterocycles. The van der Waals surface area contributed by atoms with Gasteiger partial charge in [-0.15, -0.1) is 0 Å². The molecule has 1 N–H and O–H groups in total. The third kappa shape index (κ3) is 6.13. The molecule has 0 saturated carbocycles. The van der Waals surface area contributed by atoms with E-state index in [2.05, 4.69) is 36.4 Å². The third-order valence-electron chi connectivity index (χ3n) is 3.15. The topological polar surface area (TPSA) is 70.5 Å². The van der Waals surface area contributed by atoms with Crippen LogP contribution in [0.1, 0.15) is 17.0 Å². The highest BCUT2D eigenvalue weighted by Gasteiger charge is 2.06. The predicted molar refractivity (Wildman–Crippen MR) is 106 cm³/mol. The van der Waals surface area contributed by atoms with Gasteiger partial charge in [-0.25, -0.2) is 15.4 Å². The van der Waals surface area contributed by atoms with Crippen LogP contribution in [0.3, 0.4) is 0 Å². The van der Waals surface area contributed by atoms with E-state index in [-0.39, 0.29) is 11.7 Å². The van der Waals surface area contributed by atoms with Gasteiger partial charge in [0.1, 0.15) is 0 Å². The molecule has 0 radical (unpaired) electrons. The molecule has 0 atom stereocenters. The van der Waals surface area contributed by atoms with Gasteiger partial charge in [-0.3, -0.25) is 4.79 Å². The summed E-state index contributed by atoms with van der Waals surface area (Å²) in [5.74, 6) is 0.0109. The molecule has 0 aliphatic heterocycles. The number of rotatable bonds is 6. The molecule has 0 spiro atoms. The molecule has 2 rings (SSSR count). The highest BCUT2D eigenvalue weighted by molar-refractivity contribution is 9.10. The second-order valence-corrected chi connectivity index (χ2v) is 7.42. The van der Waals surface area contributed by atoms with Crippen LogP contribution in [0.4, 0.5) is 5.69 Å². The first kappa shape index (κ1) is 19.4. The Morgan fingerprint density at radius 3 is 2.56 bits per heavy atom. The highest BCUT2D eigenvalue weighted by atomic mass is 79.9. The van der Waals surface area contributed by atoms with Crippen molar-refractivity contribution in [3.05, 3.63) is 45.7 Å². The van der Waals surface area contributed by atoms with Crippen molar-refractivity contribution in [2.45, 2.75) is 19.0 Å². The number of nitrogens with zero attached hydrogens (tertiary/aromatic N) is 4. The van der Waals surface area contributed by atoms with Crippen LogP contribution in [0, 0.1) is 13.8 Å². The van der Waals surface area contributed by atoms with Gasteiger partial charge in [-0.1, -0.05) is 17.8 Å². The van der Waals surface area contributed by atoms with Crippen molar-refractivity contribution in [1.29, 1.82) is 0 Å². The van der Waals surface area contributed by atoms with Gasteiger partial charge in [0.25, 0.3) is 5.91 Å². The second-order valence-electron chi connectivity index (χ2n) is 5.62. The minimum absolute atomic E-state index is 0.201. The van der Waals surface area contributed by atoms with E-state index in [0.29, 0.717) is 5.16 Å². The molecule has 0 bridgehead atoms. The van der Waals surface area contributed by atoms with E-state index in [9.17, 15) is 4.79 Å². The van der Waals surface area contributed by atoms with Crippen LogP contribution in [0.2, 0.25) is 0 Å². The van der Waals surface area contributed by atoms with Crippen molar-refractivity contribution in [2.24, 2.45) is 5.10 Å². The van der Waals surface area contributed by atoms with Crippen LogP contribution in [0.5, 0.6) is 0 Å². The van der Waals surface area contributed by atoms with Crippen LogP contribution in [0.15, 0.2) is 39.0 Å². The van der Waals surface area contributed by atoms with Gasteiger partial charge in [0.05, 0.1) is 17.7 Å². The molecule has 1 aromatic carbocycles. The van der Waals surface area contributed by atoms with Gasteiger partial charge >= 0.3 is 0 Å². The Bertz CT molecular complexity index is 774. The van der Waals surface area contributed by atoms with E-state index >= 15 is 0 Å². The molecule has 0 aliphatic rings. The molecule has 0 fully saturated rings. The number of nitrogens with one attached hydrogen (secondary N) is 1. The summed E-state index contributed by atoms with van der Waals surface area (Å²) >= 11 is 4.81. The second kappa shape index (κ2) is 8.96. The summed E-state index contributed by atoms with van der Waals surface area (Å²) < 4.78 is 0.968. The Morgan fingerprint density at radius 2 is 1.96 bits per heavy atom. The van der Waals surface area contributed by atoms with E-state index in [1.54, 1.807) is 6.21 Å². The first-order valence-corrected chi connectivity index (χ1v) is 9.37. The lowest BCUT2D eigenvalue weighted by Gasteiger charge is -2.14. The minimum atomic E-state index is -0.201. The minimum Gasteiger partial charge on any atom is -0.377 e. The van der Waals surface area contributed by atoms with Gasteiger partial charge < -0.3 is 4.90 Å². The monoisotopic (exact) mass is 421 g/mol. The number of aryl methyl sites for hydroxylation is 2. The smallest absolute Gasteiger partial charge is 0.250 e. The van der Waals surface area contributed by atoms with Crippen molar-refractivity contribution in [3.63, 3.8) is 0 Å². The Labute approximate surface area is 160 Å². The lowest BCUT2D eigenvalue weighted by Crippen LogP contribution is -2.19. The zero-order chi connectivity index (χ0) is 18.4. The number of halogens is 1. The number of aromatic nitrogens is 2. The fourth-order valence-electron chi connectivity index (χ4n) is 2.07. The van der Waals surface area contributed by atoms with Gasteiger partial charge in [-0.05, 0) is 53.5 Å². The van der Waals surface area contributed by atoms with Crippen molar-refractivity contribution >= 4 is 45.5 Å². The van der Waals surface area contributed by atoms with Crippen LogP contribution in [-0.2, 0) is 4.79 Å². The average Bonchev–Trinajstić information content (AvgIpc) is 2.52. The Morgan fingerprint density at radius 1 is 1.28 bits per heavy atom. The zero-order valence-corrected chi connectivity index (χ0v) is 17.0. The molecule has 1 amide bonds.